The molecule has 8 heteroatoms. The summed E-state index contributed by atoms with van der Waals surface area (Å²) < 4.78 is 32.9. The lowest BCUT2D eigenvalue weighted by molar-refractivity contribution is -0.133. The van der Waals surface area contributed by atoms with Gasteiger partial charge in [-0.05, 0) is 55.3 Å². The van der Waals surface area contributed by atoms with Gasteiger partial charge in [0.05, 0.1) is 12.2 Å². The molecule has 0 atom stereocenters. The third-order valence-corrected chi connectivity index (χ3v) is 5.00. The number of furan rings is 1. The molecular formula is C25H27F2N3O3. The first kappa shape index (κ1) is 24.0. The maximum Gasteiger partial charge on any atom is 0.322 e. The number of nitrogens with one attached hydrogen (secondary N) is 1. The van der Waals surface area contributed by atoms with Crippen molar-refractivity contribution in [2.24, 2.45) is 0 Å². The molecule has 3 aromatic rings. The number of hydrogen-bond acceptors (Lipinski definition) is 3. The monoisotopic (exact) mass is 455 g/mol. The van der Waals surface area contributed by atoms with Crippen molar-refractivity contribution in [3.8, 4) is 0 Å². The molecule has 6 nitrogen and oxygen atoms in total. The van der Waals surface area contributed by atoms with Crippen LogP contribution in [-0.2, 0) is 17.9 Å². The number of anilines is 1. The van der Waals surface area contributed by atoms with E-state index in [1.165, 1.54) is 35.2 Å². The summed E-state index contributed by atoms with van der Waals surface area (Å²) in [5, 5.41) is 2.53. The van der Waals surface area contributed by atoms with Crippen LogP contribution in [0.1, 0.15) is 30.4 Å². The molecule has 174 valence electrons. The van der Waals surface area contributed by atoms with Gasteiger partial charge >= 0.3 is 6.03 Å². The van der Waals surface area contributed by atoms with Gasteiger partial charge in [0.25, 0.3) is 0 Å². The summed E-state index contributed by atoms with van der Waals surface area (Å²) in [5.74, 6) is 0.0827. The molecule has 33 heavy (non-hydrogen) atoms. The molecule has 0 aliphatic rings. The minimum absolute atomic E-state index is 0.0466. The molecule has 0 spiro atoms. The first-order chi connectivity index (χ1) is 15.9. The van der Waals surface area contributed by atoms with Gasteiger partial charge in [-0.25, -0.2) is 13.6 Å². The fourth-order valence-electron chi connectivity index (χ4n) is 3.34. The van der Waals surface area contributed by atoms with Gasteiger partial charge in [-0.15, -0.1) is 0 Å². The number of halogens is 2. The van der Waals surface area contributed by atoms with Crippen molar-refractivity contribution in [3.05, 3.63) is 89.4 Å². The van der Waals surface area contributed by atoms with Crippen LogP contribution in [0.5, 0.6) is 0 Å². The quantitative estimate of drug-likeness (QED) is 0.474. The van der Waals surface area contributed by atoms with E-state index in [1.54, 1.807) is 35.2 Å². The normalized spacial score (nSPS) is 10.7. The van der Waals surface area contributed by atoms with Crippen molar-refractivity contribution in [2.75, 3.05) is 18.4 Å². The summed E-state index contributed by atoms with van der Waals surface area (Å²) in [6.07, 6.45) is 0.618. The first-order valence-corrected chi connectivity index (χ1v) is 10.7. The number of urea groups is 1. The Morgan fingerprint density at radius 3 is 2.30 bits per heavy atom. The maximum atomic E-state index is 14.0. The van der Waals surface area contributed by atoms with E-state index in [4.69, 9.17) is 4.42 Å². The molecule has 0 bridgehead atoms. The van der Waals surface area contributed by atoms with E-state index in [-0.39, 0.29) is 37.0 Å². The van der Waals surface area contributed by atoms with E-state index in [1.807, 2.05) is 13.8 Å². The van der Waals surface area contributed by atoms with E-state index in [0.717, 1.165) is 11.3 Å². The number of amides is 3. The third-order valence-electron chi connectivity index (χ3n) is 5.00. The zero-order valence-electron chi connectivity index (χ0n) is 18.7. The largest absolute Gasteiger partial charge is 0.464 e. The Balaban J connectivity index is 1.76. The third kappa shape index (κ3) is 6.90. The standard InChI is InChI=1S/C25H27F2N3O3/c1-3-14-29(25(32)28-23-7-5-4-6-22(23)27)17-24(31)30(16-21-13-8-18(2)33-21)15-19-9-11-20(26)12-10-19/h4-13H,3,14-17H2,1-2H3,(H,28,32). The average Bonchev–Trinajstić information content (AvgIpc) is 3.20. The van der Waals surface area contributed by atoms with Crippen LogP contribution >= 0.6 is 0 Å². The van der Waals surface area contributed by atoms with Gasteiger partial charge in [0.2, 0.25) is 5.91 Å². The molecular weight excluding hydrogens is 428 g/mol. The molecule has 0 aliphatic carbocycles. The van der Waals surface area contributed by atoms with Crippen LogP contribution in [0.2, 0.25) is 0 Å². The Morgan fingerprint density at radius 1 is 0.939 bits per heavy atom. The van der Waals surface area contributed by atoms with Crippen LogP contribution in [-0.4, -0.2) is 34.8 Å². The highest BCUT2D eigenvalue weighted by atomic mass is 19.1. The van der Waals surface area contributed by atoms with E-state index in [9.17, 15) is 18.4 Å². The number of carbonyl (C=O) groups is 2. The minimum atomic E-state index is -0.564. The van der Waals surface area contributed by atoms with E-state index < -0.39 is 11.8 Å². The number of carbonyl (C=O) groups excluding carboxylic acids is 2. The first-order valence-electron chi connectivity index (χ1n) is 10.7. The van der Waals surface area contributed by atoms with Crippen molar-refractivity contribution >= 4 is 17.6 Å². The number of para-hydroxylation sites is 1. The molecule has 1 heterocycles. The molecule has 0 aliphatic heterocycles. The molecule has 0 unspecified atom stereocenters. The Hall–Kier alpha value is -3.68. The topological polar surface area (TPSA) is 65.8 Å². The highest BCUT2D eigenvalue weighted by Crippen LogP contribution is 2.16. The second-order valence-corrected chi connectivity index (χ2v) is 7.72. The summed E-state index contributed by atoms with van der Waals surface area (Å²) in [4.78, 5) is 28.9. The SMILES string of the molecule is CCCN(CC(=O)N(Cc1ccc(F)cc1)Cc1ccc(C)o1)C(=O)Nc1ccccc1F. The molecule has 0 saturated carbocycles. The van der Waals surface area contributed by atoms with Gasteiger partial charge in [-0.2, -0.15) is 0 Å². The highest BCUT2D eigenvalue weighted by Gasteiger charge is 2.23. The summed E-state index contributed by atoms with van der Waals surface area (Å²) in [5.41, 5.74) is 0.788. The molecule has 0 saturated heterocycles. The number of nitrogens with zero attached hydrogens (tertiary/aromatic N) is 2. The molecule has 0 fully saturated rings. The zero-order valence-corrected chi connectivity index (χ0v) is 18.7. The number of hydrogen-bond donors (Lipinski definition) is 1. The maximum absolute atomic E-state index is 14.0. The number of aryl methyl sites for hydroxylation is 1. The molecule has 2 aromatic carbocycles. The zero-order chi connectivity index (χ0) is 23.8. The van der Waals surface area contributed by atoms with Gasteiger partial charge in [0.15, 0.2) is 0 Å². The van der Waals surface area contributed by atoms with Crippen molar-refractivity contribution in [1.82, 2.24) is 9.80 Å². The van der Waals surface area contributed by atoms with Crippen LogP contribution < -0.4 is 5.32 Å². The van der Waals surface area contributed by atoms with Gasteiger partial charge in [0.1, 0.15) is 29.7 Å². The van der Waals surface area contributed by atoms with Crippen molar-refractivity contribution < 1.29 is 22.8 Å². The second kappa shape index (κ2) is 11.3. The summed E-state index contributed by atoms with van der Waals surface area (Å²) in [6, 6.07) is 14.8. The minimum Gasteiger partial charge on any atom is -0.464 e. The molecule has 0 radical (unpaired) electrons. The lowest BCUT2D eigenvalue weighted by Gasteiger charge is -2.27. The molecule has 3 amide bonds. The van der Waals surface area contributed by atoms with Crippen LogP contribution in [0.4, 0.5) is 19.3 Å². The van der Waals surface area contributed by atoms with E-state index >= 15 is 0 Å². The fourth-order valence-corrected chi connectivity index (χ4v) is 3.34. The van der Waals surface area contributed by atoms with Crippen molar-refractivity contribution in [2.45, 2.75) is 33.4 Å². The van der Waals surface area contributed by atoms with Crippen molar-refractivity contribution in [3.63, 3.8) is 0 Å². The van der Waals surface area contributed by atoms with E-state index in [2.05, 4.69) is 5.32 Å². The summed E-state index contributed by atoms with van der Waals surface area (Å²) in [7, 11) is 0. The number of benzene rings is 2. The Kier molecular flexibility index (Phi) is 8.18. The Labute approximate surface area is 191 Å². The van der Waals surface area contributed by atoms with Crippen LogP contribution in [0.3, 0.4) is 0 Å². The predicted molar refractivity (Wildman–Crippen MR) is 121 cm³/mol. The lowest BCUT2D eigenvalue weighted by Crippen LogP contribution is -2.44. The average molecular weight is 456 g/mol. The smallest absolute Gasteiger partial charge is 0.322 e. The fraction of sp³-hybridized carbons (Fsp3) is 0.280. The van der Waals surface area contributed by atoms with Gasteiger partial charge in [-0.1, -0.05) is 31.2 Å². The second-order valence-electron chi connectivity index (χ2n) is 7.72. The summed E-state index contributed by atoms with van der Waals surface area (Å²) in [6.45, 7) is 4.22. The summed E-state index contributed by atoms with van der Waals surface area (Å²) >= 11 is 0. The predicted octanol–water partition coefficient (Wildman–Crippen LogP) is 5.34. The van der Waals surface area contributed by atoms with Gasteiger partial charge < -0.3 is 19.5 Å². The van der Waals surface area contributed by atoms with Gasteiger partial charge in [-0.3, -0.25) is 4.79 Å². The number of rotatable bonds is 9. The Morgan fingerprint density at radius 2 is 1.67 bits per heavy atom. The lowest BCUT2D eigenvalue weighted by atomic mass is 10.2. The highest BCUT2D eigenvalue weighted by molar-refractivity contribution is 5.92. The van der Waals surface area contributed by atoms with Crippen LogP contribution in [0.15, 0.2) is 65.1 Å². The van der Waals surface area contributed by atoms with Crippen LogP contribution in [0, 0.1) is 18.6 Å². The molecule has 1 aromatic heterocycles. The van der Waals surface area contributed by atoms with Crippen LogP contribution in [0.25, 0.3) is 0 Å². The van der Waals surface area contributed by atoms with Crippen molar-refractivity contribution in [1.29, 1.82) is 0 Å². The van der Waals surface area contributed by atoms with E-state index in [0.29, 0.717) is 18.7 Å². The molecule has 1 N–H and O–H groups in total. The molecule has 3 rings (SSSR count). The Bertz CT molecular complexity index is 1080. The van der Waals surface area contributed by atoms with Gasteiger partial charge in [0, 0.05) is 13.1 Å².